The van der Waals surface area contributed by atoms with Crippen molar-refractivity contribution >= 4 is 13.8 Å². The molecule has 2 atom stereocenters. The van der Waals surface area contributed by atoms with Gasteiger partial charge in [-0.25, -0.2) is 4.57 Å². The van der Waals surface area contributed by atoms with Crippen molar-refractivity contribution in [1.29, 1.82) is 0 Å². The number of unbranched alkanes of at least 4 members (excludes halogenated alkanes) is 37. The molecule has 0 fully saturated rings. The van der Waals surface area contributed by atoms with Crippen molar-refractivity contribution in [2.45, 2.75) is 277 Å². The van der Waals surface area contributed by atoms with Crippen molar-refractivity contribution in [2.24, 2.45) is 0 Å². The summed E-state index contributed by atoms with van der Waals surface area (Å²) in [5.41, 5.74) is 0. The van der Waals surface area contributed by atoms with E-state index in [2.05, 4.69) is 13.8 Å². The Morgan fingerprint density at radius 3 is 1.08 bits per heavy atom. The van der Waals surface area contributed by atoms with E-state index in [0.717, 1.165) is 32.1 Å². The van der Waals surface area contributed by atoms with Gasteiger partial charge in [0.15, 0.2) is 0 Å². The van der Waals surface area contributed by atoms with Crippen LogP contribution in [0, 0.1) is 0 Å². The quantitative estimate of drug-likeness (QED) is 0.0281. The number of hydrogen-bond donors (Lipinski definition) is 1. The van der Waals surface area contributed by atoms with Crippen molar-refractivity contribution in [3.05, 3.63) is 0 Å². The van der Waals surface area contributed by atoms with Crippen LogP contribution in [0.25, 0.3) is 0 Å². The smallest absolute Gasteiger partial charge is 0.457 e. The average molecular weight is 889 g/mol. The molecule has 2 unspecified atom stereocenters. The van der Waals surface area contributed by atoms with Crippen molar-refractivity contribution in [3.63, 3.8) is 0 Å². The summed E-state index contributed by atoms with van der Waals surface area (Å²) in [5.74, 6) is -0.304. The summed E-state index contributed by atoms with van der Waals surface area (Å²) in [5, 5.41) is 0. The summed E-state index contributed by atoms with van der Waals surface area (Å²) in [4.78, 5) is 23.0. The van der Waals surface area contributed by atoms with Crippen LogP contribution in [0.2, 0.25) is 0 Å². The van der Waals surface area contributed by atoms with Crippen LogP contribution in [0.5, 0.6) is 0 Å². The Labute approximate surface area is 380 Å². The van der Waals surface area contributed by atoms with Crippen LogP contribution >= 0.6 is 7.82 Å². The molecule has 0 heterocycles. The molecule has 9 heteroatoms. The van der Waals surface area contributed by atoms with E-state index in [1.165, 1.54) is 218 Å². The molecule has 0 aliphatic rings. The molecule has 61 heavy (non-hydrogen) atoms. The van der Waals surface area contributed by atoms with Gasteiger partial charge in [-0.15, -0.1) is 0 Å². The van der Waals surface area contributed by atoms with E-state index in [0.29, 0.717) is 24.1 Å². The zero-order valence-electron chi connectivity index (χ0n) is 41.7. The third-order valence-electron chi connectivity index (χ3n) is 12.2. The highest BCUT2D eigenvalue weighted by Crippen LogP contribution is 2.43. The second-order valence-electron chi connectivity index (χ2n) is 19.6. The van der Waals surface area contributed by atoms with E-state index in [-0.39, 0.29) is 25.8 Å². The number of quaternary nitrogens is 1. The number of carbonyl (C=O) groups is 1. The minimum absolute atomic E-state index is 0.0942. The number of likely N-dealkylation sites (N-methyl/N-ethyl adjacent to an activating group) is 1. The molecule has 0 rings (SSSR count). The second kappa shape index (κ2) is 46.0. The molecule has 0 aliphatic carbocycles. The van der Waals surface area contributed by atoms with E-state index < -0.39 is 13.9 Å². The Hall–Kier alpha value is -0.500. The van der Waals surface area contributed by atoms with E-state index in [9.17, 15) is 14.3 Å². The maximum absolute atomic E-state index is 12.8. The Kier molecular flexibility index (Phi) is 45.7. The average Bonchev–Trinajstić information content (AvgIpc) is 3.22. The van der Waals surface area contributed by atoms with Gasteiger partial charge in [0.25, 0.3) is 0 Å². The molecule has 366 valence electrons. The van der Waals surface area contributed by atoms with E-state index >= 15 is 0 Å². The molecule has 0 aliphatic heterocycles. The first-order valence-corrected chi connectivity index (χ1v) is 28.3. The number of rotatable bonds is 51. The Morgan fingerprint density at radius 2 is 0.754 bits per heavy atom. The molecule has 0 saturated carbocycles. The summed E-state index contributed by atoms with van der Waals surface area (Å²) < 4.78 is 35.2. The minimum atomic E-state index is -4.27. The molecule has 1 N–H and O–H groups in total. The van der Waals surface area contributed by atoms with Gasteiger partial charge in [0.2, 0.25) is 0 Å². The summed E-state index contributed by atoms with van der Waals surface area (Å²) in [6.07, 6.45) is 51.6. The predicted molar refractivity (Wildman–Crippen MR) is 261 cm³/mol. The lowest BCUT2D eigenvalue weighted by Crippen LogP contribution is -2.37. The number of ether oxygens (including phenoxy) is 2. The summed E-state index contributed by atoms with van der Waals surface area (Å²) in [6, 6.07) is 0. The van der Waals surface area contributed by atoms with Crippen LogP contribution in [0.15, 0.2) is 0 Å². The lowest BCUT2D eigenvalue weighted by atomic mass is 10.0. The number of phosphoric ester groups is 1. The van der Waals surface area contributed by atoms with Crippen LogP contribution in [-0.4, -0.2) is 75.6 Å². The highest BCUT2D eigenvalue weighted by Gasteiger charge is 2.26. The van der Waals surface area contributed by atoms with Crippen LogP contribution in [-0.2, 0) is 27.9 Å². The monoisotopic (exact) mass is 889 g/mol. The Morgan fingerprint density at radius 1 is 0.443 bits per heavy atom. The van der Waals surface area contributed by atoms with Crippen LogP contribution in [0.4, 0.5) is 0 Å². The molecule has 8 nitrogen and oxygen atoms in total. The molecule has 0 aromatic heterocycles. The highest BCUT2D eigenvalue weighted by atomic mass is 31.2. The number of carbonyl (C=O) groups excluding carboxylic acids is 1. The largest absolute Gasteiger partial charge is 0.472 e. The second-order valence-corrected chi connectivity index (χ2v) is 21.1. The fourth-order valence-electron chi connectivity index (χ4n) is 8.03. The van der Waals surface area contributed by atoms with Gasteiger partial charge >= 0.3 is 13.8 Å². The fourth-order valence-corrected chi connectivity index (χ4v) is 8.77. The molecule has 0 radical (unpaired) electrons. The highest BCUT2D eigenvalue weighted by molar-refractivity contribution is 7.47. The van der Waals surface area contributed by atoms with E-state index in [4.69, 9.17) is 18.5 Å². The first-order valence-electron chi connectivity index (χ1n) is 26.8. The SMILES string of the molecule is CCCCCCCCCCCCCCCCCCCCCCCCCCCC(=O)OC(COCCCCCCCCCCCCCCCC)COP(=O)(O)OCC[N+](C)(C)C. The van der Waals surface area contributed by atoms with Crippen molar-refractivity contribution in [2.75, 3.05) is 54.1 Å². The molecule has 0 aromatic carbocycles. The van der Waals surface area contributed by atoms with Gasteiger partial charge < -0.3 is 18.9 Å². The third kappa shape index (κ3) is 50.4. The van der Waals surface area contributed by atoms with Gasteiger partial charge in [-0.1, -0.05) is 251 Å². The fraction of sp³-hybridized carbons (Fsp3) is 0.981. The summed E-state index contributed by atoms with van der Waals surface area (Å²) in [6.45, 7) is 5.70. The van der Waals surface area contributed by atoms with E-state index in [1.807, 2.05) is 21.1 Å². The van der Waals surface area contributed by atoms with Gasteiger partial charge in [0, 0.05) is 13.0 Å². The molecule has 0 amide bonds. The Balaban J connectivity index is 3.99. The van der Waals surface area contributed by atoms with E-state index in [1.54, 1.807) is 0 Å². The molecule has 0 spiro atoms. The molecule has 0 saturated heterocycles. The zero-order valence-corrected chi connectivity index (χ0v) is 42.6. The zero-order chi connectivity index (χ0) is 44.8. The molecular weight excluding hydrogens is 782 g/mol. The van der Waals surface area contributed by atoms with Crippen LogP contribution in [0.1, 0.15) is 271 Å². The minimum Gasteiger partial charge on any atom is -0.457 e. The van der Waals surface area contributed by atoms with Crippen molar-refractivity contribution in [3.8, 4) is 0 Å². The first kappa shape index (κ1) is 60.5. The topological polar surface area (TPSA) is 91.3 Å². The van der Waals surface area contributed by atoms with Gasteiger partial charge in [0.1, 0.15) is 19.3 Å². The van der Waals surface area contributed by atoms with Crippen LogP contribution in [0.3, 0.4) is 0 Å². The molecule has 0 bridgehead atoms. The van der Waals surface area contributed by atoms with Gasteiger partial charge in [-0.05, 0) is 12.8 Å². The normalized spacial score (nSPS) is 13.5. The standard InChI is InChI=1S/C52H106NO7P/c1-6-8-10-12-14-16-18-20-22-23-24-25-26-27-28-29-30-31-32-33-35-37-39-41-43-45-52(54)60-51(50-59-61(55,56)58-48-46-53(3,4)5)49-57-47-44-42-40-38-36-34-21-19-17-15-13-11-9-7-2/h51H,6-50H2,1-5H3/p+1. The summed E-state index contributed by atoms with van der Waals surface area (Å²) in [7, 11) is 1.69. The number of nitrogens with zero attached hydrogens (tertiary/aromatic N) is 1. The number of esters is 1. The maximum Gasteiger partial charge on any atom is 0.472 e. The third-order valence-corrected chi connectivity index (χ3v) is 13.2. The van der Waals surface area contributed by atoms with Gasteiger partial charge in [-0.3, -0.25) is 13.8 Å². The van der Waals surface area contributed by atoms with Crippen molar-refractivity contribution < 1.29 is 37.3 Å². The summed E-state index contributed by atoms with van der Waals surface area (Å²) >= 11 is 0. The van der Waals surface area contributed by atoms with Crippen LogP contribution < -0.4 is 0 Å². The molecular formula is C52H107NO7P+. The Bertz CT molecular complexity index is 945. The number of hydrogen-bond acceptors (Lipinski definition) is 6. The molecule has 0 aromatic rings. The number of phosphoric acid groups is 1. The van der Waals surface area contributed by atoms with Crippen molar-refractivity contribution in [1.82, 2.24) is 0 Å². The van der Waals surface area contributed by atoms with Gasteiger partial charge in [0.05, 0.1) is 34.4 Å². The van der Waals surface area contributed by atoms with Gasteiger partial charge in [-0.2, -0.15) is 0 Å². The maximum atomic E-state index is 12.8. The predicted octanol–water partition coefficient (Wildman–Crippen LogP) is 16.4. The lowest BCUT2D eigenvalue weighted by molar-refractivity contribution is -0.870. The lowest BCUT2D eigenvalue weighted by Gasteiger charge is -2.24. The first-order chi connectivity index (χ1) is 29.6.